The van der Waals surface area contributed by atoms with E-state index >= 15 is 0 Å². The topological polar surface area (TPSA) is 61.8 Å². The van der Waals surface area contributed by atoms with Gasteiger partial charge in [0, 0.05) is 20.1 Å². The second kappa shape index (κ2) is 5.94. The van der Waals surface area contributed by atoms with Crippen LogP contribution in [0.25, 0.3) is 0 Å². The van der Waals surface area contributed by atoms with Crippen LogP contribution in [-0.4, -0.2) is 50.1 Å². The summed E-state index contributed by atoms with van der Waals surface area (Å²) in [5.74, 6) is 0. The number of likely N-dealkylation sites (N-methyl/N-ethyl adjacent to an activating group) is 1. The lowest BCUT2D eigenvalue weighted by molar-refractivity contribution is 0.132. The highest BCUT2D eigenvalue weighted by molar-refractivity contribution is 5.66. The van der Waals surface area contributed by atoms with Crippen LogP contribution in [0.5, 0.6) is 0 Å². The van der Waals surface area contributed by atoms with Crippen molar-refractivity contribution in [1.82, 2.24) is 10.2 Å². The van der Waals surface area contributed by atoms with Crippen LogP contribution in [0.3, 0.4) is 0 Å². The highest BCUT2D eigenvalue weighted by Gasteiger charge is 2.05. The number of rotatable bonds is 4. The third-order valence-corrected chi connectivity index (χ3v) is 1.22. The van der Waals surface area contributed by atoms with Crippen molar-refractivity contribution in [3.05, 3.63) is 0 Å². The summed E-state index contributed by atoms with van der Waals surface area (Å²) in [5, 5.41) is 11.0. The van der Waals surface area contributed by atoms with Crippen molar-refractivity contribution < 1.29 is 14.6 Å². The van der Waals surface area contributed by atoms with Gasteiger partial charge in [-0.15, -0.1) is 0 Å². The number of hydrogen-bond donors (Lipinski definition) is 2. The summed E-state index contributed by atoms with van der Waals surface area (Å²) in [7, 11) is 2.96. The molecule has 0 heterocycles. The van der Waals surface area contributed by atoms with E-state index in [9.17, 15) is 4.79 Å². The maximum absolute atomic E-state index is 10.7. The van der Waals surface area contributed by atoms with Gasteiger partial charge in [0.05, 0.1) is 13.8 Å². The molecule has 0 unspecified atom stereocenters. The van der Waals surface area contributed by atoms with E-state index in [1.165, 1.54) is 12.0 Å². The predicted molar refractivity (Wildman–Crippen MR) is 40.1 cm³/mol. The Hall–Kier alpha value is -0.810. The third kappa shape index (κ3) is 4.58. The van der Waals surface area contributed by atoms with Crippen LogP contribution in [-0.2, 0) is 4.74 Å². The molecule has 0 aliphatic heterocycles. The number of ether oxygens (including phenoxy) is 1. The first-order valence-electron chi connectivity index (χ1n) is 3.33. The van der Waals surface area contributed by atoms with Gasteiger partial charge in [-0.2, -0.15) is 0 Å². The number of methoxy groups -OCH3 is 1. The second-order valence-corrected chi connectivity index (χ2v) is 2.05. The summed E-state index contributed by atoms with van der Waals surface area (Å²) in [6.07, 6.45) is -0.371. The minimum absolute atomic E-state index is 0.0744. The van der Waals surface area contributed by atoms with Crippen molar-refractivity contribution in [3.8, 4) is 0 Å². The van der Waals surface area contributed by atoms with Gasteiger partial charge in [0.15, 0.2) is 0 Å². The van der Waals surface area contributed by atoms with Gasteiger partial charge in [-0.25, -0.2) is 4.79 Å². The number of carbonyl (C=O) groups is 1. The molecular formula is C6H14N2O3. The molecule has 5 heteroatoms. The van der Waals surface area contributed by atoms with E-state index in [0.29, 0.717) is 13.1 Å². The average molecular weight is 162 g/mol. The van der Waals surface area contributed by atoms with Crippen molar-refractivity contribution >= 4 is 6.09 Å². The molecule has 0 fully saturated rings. The monoisotopic (exact) mass is 162 g/mol. The maximum atomic E-state index is 10.7. The van der Waals surface area contributed by atoms with Gasteiger partial charge >= 0.3 is 6.09 Å². The third-order valence-electron chi connectivity index (χ3n) is 1.22. The first kappa shape index (κ1) is 10.2. The summed E-state index contributed by atoms with van der Waals surface area (Å²) in [6, 6.07) is 0. The maximum Gasteiger partial charge on any atom is 0.409 e. The molecule has 0 aromatic rings. The molecule has 2 N–H and O–H groups in total. The van der Waals surface area contributed by atoms with E-state index in [1.54, 1.807) is 7.05 Å². The largest absolute Gasteiger partial charge is 0.453 e. The Morgan fingerprint density at radius 2 is 2.36 bits per heavy atom. The fourth-order valence-electron chi connectivity index (χ4n) is 0.573. The molecule has 0 spiro atoms. The van der Waals surface area contributed by atoms with Crippen molar-refractivity contribution in [2.45, 2.75) is 0 Å². The number of aliphatic hydroxyl groups is 1. The van der Waals surface area contributed by atoms with E-state index in [4.69, 9.17) is 5.11 Å². The van der Waals surface area contributed by atoms with Gasteiger partial charge in [0.2, 0.25) is 0 Å². The van der Waals surface area contributed by atoms with Gasteiger partial charge in [-0.3, -0.25) is 5.32 Å². The Balaban J connectivity index is 3.36. The molecule has 66 valence electrons. The highest BCUT2D eigenvalue weighted by atomic mass is 16.5. The van der Waals surface area contributed by atoms with Gasteiger partial charge in [-0.05, 0) is 0 Å². The van der Waals surface area contributed by atoms with E-state index in [1.807, 2.05) is 0 Å². The molecule has 0 aliphatic carbocycles. The van der Waals surface area contributed by atoms with E-state index in [0.717, 1.165) is 0 Å². The summed E-state index contributed by atoms with van der Waals surface area (Å²) in [5.41, 5.74) is 0. The fraction of sp³-hybridized carbons (Fsp3) is 0.833. The molecule has 0 saturated carbocycles. The lowest BCUT2D eigenvalue weighted by Gasteiger charge is -2.14. The highest BCUT2D eigenvalue weighted by Crippen LogP contribution is 1.85. The van der Waals surface area contributed by atoms with E-state index in [-0.39, 0.29) is 12.8 Å². The zero-order chi connectivity index (χ0) is 8.69. The average Bonchev–Trinajstić information content (AvgIpc) is 2.03. The summed E-state index contributed by atoms with van der Waals surface area (Å²) < 4.78 is 4.44. The smallest absolute Gasteiger partial charge is 0.409 e. The zero-order valence-electron chi connectivity index (χ0n) is 6.83. The molecule has 0 aromatic carbocycles. The van der Waals surface area contributed by atoms with Crippen LogP contribution in [0.1, 0.15) is 0 Å². The molecule has 0 rings (SSSR count). The normalized spacial score (nSPS) is 9.36. The molecule has 1 amide bonds. The van der Waals surface area contributed by atoms with Crippen molar-refractivity contribution in [2.24, 2.45) is 0 Å². The van der Waals surface area contributed by atoms with Gasteiger partial charge in [0.25, 0.3) is 0 Å². The number of aliphatic hydroxyl groups excluding tert-OH is 1. The molecule has 0 saturated heterocycles. The Labute approximate surface area is 65.9 Å². The molecule has 5 nitrogen and oxygen atoms in total. The van der Waals surface area contributed by atoms with Crippen LogP contribution in [0.15, 0.2) is 0 Å². The van der Waals surface area contributed by atoms with E-state index in [2.05, 4.69) is 10.1 Å². The van der Waals surface area contributed by atoms with Gasteiger partial charge < -0.3 is 14.7 Å². The molecule has 0 aromatic heterocycles. The number of nitrogens with zero attached hydrogens (tertiary/aromatic N) is 1. The Kier molecular flexibility index (Phi) is 5.50. The standard InChI is InChI=1S/C6H14N2O3/c1-8(6(10)11-2)4-3-7-5-9/h7,9H,3-5H2,1-2H3. The minimum atomic E-state index is -0.371. The quantitative estimate of drug-likeness (QED) is 0.420. The molecule has 0 radical (unpaired) electrons. The Morgan fingerprint density at radius 3 is 2.82 bits per heavy atom. The van der Waals surface area contributed by atoms with Crippen molar-refractivity contribution in [1.29, 1.82) is 0 Å². The SMILES string of the molecule is COC(=O)N(C)CCNCO. The number of hydrogen-bond acceptors (Lipinski definition) is 4. The van der Waals surface area contributed by atoms with Gasteiger partial charge in [0.1, 0.15) is 0 Å². The molecule has 0 aliphatic rings. The minimum Gasteiger partial charge on any atom is -0.453 e. The lowest BCUT2D eigenvalue weighted by Crippen LogP contribution is -2.33. The Morgan fingerprint density at radius 1 is 1.73 bits per heavy atom. The molecule has 0 bridgehead atoms. The first-order valence-corrected chi connectivity index (χ1v) is 3.33. The first-order chi connectivity index (χ1) is 5.22. The number of amides is 1. The van der Waals surface area contributed by atoms with Crippen LogP contribution < -0.4 is 5.32 Å². The number of nitrogens with one attached hydrogen (secondary N) is 1. The summed E-state index contributed by atoms with van der Waals surface area (Å²) in [4.78, 5) is 12.1. The van der Waals surface area contributed by atoms with Crippen molar-refractivity contribution in [3.63, 3.8) is 0 Å². The van der Waals surface area contributed by atoms with E-state index < -0.39 is 0 Å². The summed E-state index contributed by atoms with van der Waals surface area (Å²) >= 11 is 0. The molecular weight excluding hydrogens is 148 g/mol. The number of carbonyl (C=O) groups excluding carboxylic acids is 1. The van der Waals surface area contributed by atoms with Crippen molar-refractivity contribution in [2.75, 3.05) is 34.0 Å². The Bertz CT molecular complexity index is 118. The van der Waals surface area contributed by atoms with Crippen LogP contribution in [0.4, 0.5) is 4.79 Å². The van der Waals surface area contributed by atoms with Gasteiger partial charge in [-0.1, -0.05) is 0 Å². The van der Waals surface area contributed by atoms with Crippen LogP contribution in [0, 0.1) is 0 Å². The van der Waals surface area contributed by atoms with Crippen LogP contribution >= 0.6 is 0 Å². The second-order valence-electron chi connectivity index (χ2n) is 2.05. The lowest BCUT2D eigenvalue weighted by atomic mass is 10.6. The van der Waals surface area contributed by atoms with Crippen LogP contribution in [0.2, 0.25) is 0 Å². The molecule has 11 heavy (non-hydrogen) atoms. The zero-order valence-corrected chi connectivity index (χ0v) is 6.83. The summed E-state index contributed by atoms with van der Waals surface area (Å²) in [6.45, 7) is 1.00. The predicted octanol–water partition coefficient (Wildman–Crippen LogP) is -0.776. The molecule has 0 atom stereocenters. The fourth-order valence-corrected chi connectivity index (χ4v) is 0.573.